The quantitative estimate of drug-likeness (QED) is 0.883. The Morgan fingerprint density at radius 3 is 2.30 bits per heavy atom. The van der Waals surface area contributed by atoms with Crippen molar-refractivity contribution in [3.8, 4) is 0 Å². The van der Waals surface area contributed by atoms with Gasteiger partial charge in [-0.1, -0.05) is 30.0 Å². The summed E-state index contributed by atoms with van der Waals surface area (Å²) in [7, 11) is 0. The van der Waals surface area contributed by atoms with Gasteiger partial charge in [-0.15, -0.1) is 0 Å². The van der Waals surface area contributed by atoms with Gasteiger partial charge in [0, 0.05) is 11.6 Å². The van der Waals surface area contributed by atoms with E-state index in [9.17, 15) is 9.59 Å². The Morgan fingerprint density at radius 2 is 1.70 bits per heavy atom. The third kappa shape index (κ3) is 4.08. The summed E-state index contributed by atoms with van der Waals surface area (Å²) in [6.07, 6.45) is 4.47. The van der Waals surface area contributed by atoms with Crippen LogP contribution in [0.25, 0.3) is 0 Å². The Morgan fingerprint density at radius 1 is 1.10 bits per heavy atom. The van der Waals surface area contributed by atoms with Gasteiger partial charge in [-0.05, 0) is 38.8 Å². The summed E-state index contributed by atoms with van der Waals surface area (Å²) in [5, 5.41) is 5.63. The van der Waals surface area contributed by atoms with E-state index in [4.69, 9.17) is 0 Å². The largest absolute Gasteiger partial charge is 0.352 e. The van der Waals surface area contributed by atoms with Gasteiger partial charge >= 0.3 is 0 Å². The molecule has 0 aromatic heterocycles. The molecule has 1 aliphatic carbocycles. The number of amides is 2. The van der Waals surface area contributed by atoms with E-state index in [2.05, 4.69) is 10.6 Å². The van der Waals surface area contributed by atoms with Crippen LogP contribution in [0.2, 0.25) is 0 Å². The van der Waals surface area contributed by atoms with Gasteiger partial charge in [0.05, 0.1) is 6.54 Å². The predicted octanol–water partition coefficient (Wildman–Crippen LogP) is 2.09. The lowest BCUT2D eigenvalue weighted by Gasteiger charge is -2.12. The third-order valence-electron chi connectivity index (χ3n) is 3.61. The van der Waals surface area contributed by atoms with Crippen molar-refractivity contribution in [3.05, 3.63) is 34.9 Å². The fourth-order valence-corrected chi connectivity index (χ4v) is 2.72. The van der Waals surface area contributed by atoms with Crippen molar-refractivity contribution in [1.29, 1.82) is 0 Å². The molecule has 1 saturated carbocycles. The van der Waals surface area contributed by atoms with Gasteiger partial charge in [0.1, 0.15) is 0 Å². The minimum atomic E-state index is -0.196. The summed E-state index contributed by atoms with van der Waals surface area (Å²) in [5.74, 6) is -0.298. The first-order valence-corrected chi connectivity index (χ1v) is 7.20. The van der Waals surface area contributed by atoms with Gasteiger partial charge in [0.15, 0.2) is 0 Å². The highest BCUT2D eigenvalue weighted by Gasteiger charge is 2.17. The SMILES string of the molecule is Cc1cc(C)cc(C(=O)NCC(=O)NC2CCCC2)c1. The van der Waals surface area contributed by atoms with E-state index in [-0.39, 0.29) is 18.4 Å². The maximum Gasteiger partial charge on any atom is 0.251 e. The van der Waals surface area contributed by atoms with Crippen molar-refractivity contribution in [2.45, 2.75) is 45.6 Å². The molecule has 4 nitrogen and oxygen atoms in total. The number of rotatable bonds is 4. The van der Waals surface area contributed by atoms with Gasteiger partial charge in [-0.25, -0.2) is 0 Å². The first kappa shape index (κ1) is 14.6. The molecule has 0 saturated heterocycles. The molecule has 0 atom stereocenters. The number of aryl methyl sites for hydroxylation is 2. The number of hydrogen-bond acceptors (Lipinski definition) is 2. The first-order valence-electron chi connectivity index (χ1n) is 7.20. The monoisotopic (exact) mass is 274 g/mol. The lowest BCUT2D eigenvalue weighted by Crippen LogP contribution is -2.41. The Kier molecular flexibility index (Phi) is 4.77. The van der Waals surface area contributed by atoms with Gasteiger partial charge in [-0.3, -0.25) is 9.59 Å². The minimum Gasteiger partial charge on any atom is -0.352 e. The van der Waals surface area contributed by atoms with Crippen LogP contribution >= 0.6 is 0 Å². The summed E-state index contributed by atoms with van der Waals surface area (Å²) < 4.78 is 0. The first-order chi connectivity index (χ1) is 9.54. The molecular formula is C16H22N2O2. The second kappa shape index (κ2) is 6.55. The molecule has 1 aliphatic rings. The van der Waals surface area contributed by atoms with Crippen LogP contribution < -0.4 is 10.6 Å². The van der Waals surface area contributed by atoms with Gasteiger partial charge in [0.25, 0.3) is 5.91 Å². The molecule has 0 spiro atoms. The molecule has 2 rings (SSSR count). The van der Waals surface area contributed by atoms with Crippen molar-refractivity contribution in [3.63, 3.8) is 0 Å². The van der Waals surface area contributed by atoms with Crippen molar-refractivity contribution >= 4 is 11.8 Å². The van der Waals surface area contributed by atoms with Crippen LogP contribution in [0.15, 0.2) is 18.2 Å². The van der Waals surface area contributed by atoms with Crippen LogP contribution in [-0.2, 0) is 4.79 Å². The third-order valence-corrected chi connectivity index (χ3v) is 3.61. The fraction of sp³-hybridized carbons (Fsp3) is 0.500. The molecule has 0 radical (unpaired) electrons. The molecule has 20 heavy (non-hydrogen) atoms. The van der Waals surface area contributed by atoms with Crippen molar-refractivity contribution < 1.29 is 9.59 Å². The molecule has 2 N–H and O–H groups in total. The molecule has 2 amide bonds. The number of hydrogen-bond donors (Lipinski definition) is 2. The number of carbonyl (C=O) groups is 2. The zero-order valence-corrected chi connectivity index (χ0v) is 12.2. The second-order valence-corrected chi connectivity index (χ2v) is 5.61. The summed E-state index contributed by atoms with van der Waals surface area (Å²) in [6.45, 7) is 3.95. The lowest BCUT2D eigenvalue weighted by atomic mass is 10.1. The Bertz CT molecular complexity index is 485. The maximum atomic E-state index is 12.0. The minimum absolute atomic E-state index is 0.0440. The highest BCUT2D eigenvalue weighted by atomic mass is 16.2. The zero-order valence-electron chi connectivity index (χ0n) is 12.2. The van der Waals surface area contributed by atoms with E-state index >= 15 is 0 Å². The van der Waals surface area contributed by atoms with Crippen LogP contribution in [0, 0.1) is 13.8 Å². The van der Waals surface area contributed by atoms with Crippen LogP contribution in [0.1, 0.15) is 47.2 Å². The lowest BCUT2D eigenvalue weighted by molar-refractivity contribution is -0.120. The Hall–Kier alpha value is -1.84. The normalized spacial score (nSPS) is 15.1. The average Bonchev–Trinajstić information content (AvgIpc) is 2.87. The molecule has 1 aromatic carbocycles. The van der Waals surface area contributed by atoms with Gasteiger partial charge in [0.2, 0.25) is 5.91 Å². The maximum absolute atomic E-state index is 12.0. The van der Waals surface area contributed by atoms with E-state index in [0.29, 0.717) is 11.6 Å². The van der Waals surface area contributed by atoms with Crippen LogP contribution in [0.3, 0.4) is 0 Å². The topological polar surface area (TPSA) is 58.2 Å². The van der Waals surface area contributed by atoms with Gasteiger partial charge < -0.3 is 10.6 Å². The van der Waals surface area contributed by atoms with Gasteiger partial charge in [-0.2, -0.15) is 0 Å². The number of nitrogens with one attached hydrogen (secondary N) is 2. The highest BCUT2D eigenvalue weighted by Crippen LogP contribution is 2.17. The molecular weight excluding hydrogens is 252 g/mol. The van der Waals surface area contributed by atoms with Crippen LogP contribution in [0.5, 0.6) is 0 Å². The molecule has 108 valence electrons. The predicted molar refractivity (Wildman–Crippen MR) is 78.6 cm³/mol. The molecule has 0 bridgehead atoms. The summed E-state index contributed by atoms with van der Waals surface area (Å²) >= 11 is 0. The van der Waals surface area contributed by atoms with E-state index in [1.165, 1.54) is 12.8 Å². The Balaban J connectivity index is 1.83. The van der Waals surface area contributed by atoms with Crippen LogP contribution in [-0.4, -0.2) is 24.4 Å². The summed E-state index contributed by atoms with van der Waals surface area (Å²) in [4.78, 5) is 23.7. The molecule has 1 aromatic rings. The average molecular weight is 274 g/mol. The molecule has 0 unspecified atom stereocenters. The zero-order chi connectivity index (χ0) is 14.5. The van der Waals surface area contributed by atoms with Crippen molar-refractivity contribution in [1.82, 2.24) is 10.6 Å². The standard InChI is InChI=1S/C16H22N2O2/c1-11-7-12(2)9-13(8-11)16(20)17-10-15(19)18-14-5-3-4-6-14/h7-9,14H,3-6,10H2,1-2H3,(H,17,20)(H,18,19). The van der Waals surface area contributed by atoms with Crippen molar-refractivity contribution in [2.24, 2.45) is 0 Å². The Labute approximate surface area is 119 Å². The molecule has 0 heterocycles. The van der Waals surface area contributed by atoms with Crippen LogP contribution in [0.4, 0.5) is 0 Å². The summed E-state index contributed by atoms with van der Waals surface area (Å²) in [5.41, 5.74) is 2.70. The van der Waals surface area contributed by atoms with E-state index in [1.807, 2.05) is 32.0 Å². The molecule has 4 heteroatoms. The second-order valence-electron chi connectivity index (χ2n) is 5.61. The van der Waals surface area contributed by atoms with E-state index in [0.717, 1.165) is 24.0 Å². The van der Waals surface area contributed by atoms with Crippen molar-refractivity contribution in [2.75, 3.05) is 6.54 Å². The van der Waals surface area contributed by atoms with E-state index < -0.39 is 0 Å². The fourth-order valence-electron chi connectivity index (χ4n) is 2.72. The van der Waals surface area contributed by atoms with E-state index in [1.54, 1.807) is 0 Å². The summed E-state index contributed by atoms with van der Waals surface area (Å²) in [6, 6.07) is 5.97. The molecule has 0 aliphatic heterocycles. The number of carbonyl (C=O) groups excluding carboxylic acids is 2. The number of benzene rings is 1. The highest BCUT2D eigenvalue weighted by molar-refractivity contribution is 5.96. The smallest absolute Gasteiger partial charge is 0.251 e. The molecule has 1 fully saturated rings.